The Morgan fingerprint density at radius 2 is 1.89 bits per heavy atom. The van der Waals surface area contributed by atoms with E-state index in [0.29, 0.717) is 17.7 Å². The molecule has 2 saturated carbocycles. The second kappa shape index (κ2) is 5.37. The van der Waals surface area contributed by atoms with E-state index in [1.807, 2.05) is 0 Å². The SMILES string of the molecule is COC(c1nc(N)c(Br)c(C2CCCC2)n1)C1CC1. The molecule has 1 heterocycles. The number of aromatic nitrogens is 2. The van der Waals surface area contributed by atoms with Crippen LogP contribution >= 0.6 is 15.9 Å². The number of nitrogen functional groups attached to an aromatic ring is 1. The van der Waals surface area contributed by atoms with Crippen molar-refractivity contribution in [1.29, 1.82) is 0 Å². The predicted molar refractivity (Wildman–Crippen MR) is 77.8 cm³/mol. The van der Waals surface area contributed by atoms with Crippen LogP contribution < -0.4 is 5.73 Å². The molecule has 0 amide bonds. The molecule has 19 heavy (non-hydrogen) atoms. The second-order valence-electron chi connectivity index (χ2n) is 5.64. The Morgan fingerprint density at radius 3 is 2.47 bits per heavy atom. The number of anilines is 1. The van der Waals surface area contributed by atoms with Crippen molar-refractivity contribution in [2.45, 2.75) is 50.5 Å². The van der Waals surface area contributed by atoms with Gasteiger partial charge >= 0.3 is 0 Å². The van der Waals surface area contributed by atoms with Crippen molar-refractivity contribution in [3.8, 4) is 0 Å². The first-order chi connectivity index (χ1) is 9.20. The lowest BCUT2D eigenvalue weighted by Gasteiger charge is -2.18. The number of methoxy groups -OCH3 is 1. The van der Waals surface area contributed by atoms with E-state index in [1.54, 1.807) is 7.11 Å². The molecule has 2 aliphatic carbocycles. The van der Waals surface area contributed by atoms with E-state index in [2.05, 4.69) is 20.9 Å². The summed E-state index contributed by atoms with van der Waals surface area (Å²) >= 11 is 3.56. The average Bonchev–Trinajstić information content (AvgIpc) is 3.08. The number of hydrogen-bond donors (Lipinski definition) is 1. The van der Waals surface area contributed by atoms with Crippen molar-refractivity contribution in [1.82, 2.24) is 9.97 Å². The van der Waals surface area contributed by atoms with E-state index in [9.17, 15) is 0 Å². The molecule has 5 heteroatoms. The van der Waals surface area contributed by atoms with Crippen LogP contribution in [0.5, 0.6) is 0 Å². The van der Waals surface area contributed by atoms with Crippen LogP contribution in [0.4, 0.5) is 5.82 Å². The third-order valence-corrected chi connectivity index (χ3v) is 5.03. The van der Waals surface area contributed by atoms with E-state index in [1.165, 1.54) is 38.5 Å². The number of ether oxygens (including phenoxy) is 1. The molecule has 1 unspecified atom stereocenters. The number of rotatable bonds is 4. The highest BCUT2D eigenvalue weighted by atomic mass is 79.9. The standard InChI is InChI=1S/C14H20BrN3O/c1-19-12(9-6-7-9)14-17-11(8-4-2-3-5-8)10(15)13(16)18-14/h8-9,12H,2-7H2,1H3,(H2,16,17,18). The summed E-state index contributed by atoms with van der Waals surface area (Å²) in [6.07, 6.45) is 7.40. The van der Waals surface area contributed by atoms with Crippen LogP contribution in [0.15, 0.2) is 4.47 Å². The van der Waals surface area contributed by atoms with Gasteiger partial charge in [-0.3, -0.25) is 0 Å². The Balaban J connectivity index is 1.96. The van der Waals surface area contributed by atoms with Crippen molar-refractivity contribution < 1.29 is 4.74 Å². The lowest BCUT2D eigenvalue weighted by Crippen LogP contribution is -2.14. The van der Waals surface area contributed by atoms with Gasteiger partial charge in [0, 0.05) is 13.0 Å². The van der Waals surface area contributed by atoms with Gasteiger partial charge in [0.15, 0.2) is 5.82 Å². The molecule has 104 valence electrons. The van der Waals surface area contributed by atoms with Gasteiger partial charge in [-0.1, -0.05) is 12.8 Å². The van der Waals surface area contributed by atoms with Crippen LogP contribution in [-0.2, 0) is 4.74 Å². The van der Waals surface area contributed by atoms with Crippen LogP contribution in [0.1, 0.15) is 62.1 Å². The van der Waals surface area contributed by atoms with E-state index in [-0.39, 0.29) is 6.10 Å². The van der Waals surface area contributed by atoms with Gasteiger partial charge < -0.3 is 10.5 Å². The first-order valence-electron chi connectivity index (χ1n) is 7.06. The molecule has 0 aromatic carbocycles. The van der Waals surface area contributed by atoms with Crippen LogP contribution in [0.25, 0.3) is 0 Å². The summed E-state index contributed by atoms with van der Waals surface area (Å²) in [7, 11) is 1.74. The van der Waals surface area contributed by atoms with Crippen molar-refractivity contribution in [2.24, 2.45) is 5.92 Å². The van der Waals surface area contributed by atoms with Crippen molar-refractivity contribution in [3.05, 3.63) is 16.0 Å². The van der Waals surface area contributed by atoms with Gasteiger partial charge in [-0.2, -0.15) is 0 Å². The third-order valence-electron chi connectivity index (χ3n) is 4.22. The first-order valence-corrected chi connectivity index (χ1v) is 7.85. The smallest absolute Gasteiger partial charge is 0.160 e. The number of nitrogens with zero attached hydrogens (tertiary/aromatic N) is 2. The van der Waals surface area contributed by atoms with Gasteiger partial charge in [-0.15, -0.1) is 0 Å². The minimum Gasteiger partial charge on any atom is -0.383 e. The monoisotopic (exact) mass is 325 g/mol. The summed E-state index contributed by atoms with van der Waals surface area (Å²) in [4.78, 5) is 9.22. The Kier molecular flexibility index (Phi) is 3.76. The molecule has 4 nitrogen and oxygen atoms in total. The Labute approximate surface area is 122 Å². The number of halogens is 1. The first kappa shape index (κ1) is 13.3. The minimum atomic E-state index is 0.00977. The molecule has 0 aliphatic heterocycles. The van der Waals surface area contributed by atoms with Crippen LogP contribution in [0.3, 0.4) is 0 Å². The maximum absolute atomic E-state index is 6.05. The van der Waals surface area contributed by atoms with Crippen molar-refractivity contribution in [3.63, 3.8) is 0 Å². The molecule has 0 radical (unpaired) electrons. The summed E-state index contributed by atoms with van der Waals surface area (Å²) in [5, 5.41) is 0. The Hall–Kier alpha value is -0.680. The summed E-state index contributed by atoms with van der Waals surface area (Å²) in [5.74, 6) is 2.42. The second-order valence-corrected chi connectivity index (χ2v) is 6.43. The quantitative estimate of drug-likeness (QED) is 0.919. The zero-order valence-electron chi connectivity index (χ0n) is 11.2. The van der Waals surface area contributed by atoms with E-state index < -0.39 is 0 Å². The molecule has 2 N–H and O–H groups in total. The van der Waals surface area contributed by atoms with Gasteiger partial charge in [0.2, 0.25) is 0 Å². The molecular formula is C14H20BrN3O. The largest absolute Gasteiger partial charge is 0.383 e. The predicted octanol–water partition coefficient (Wildman–Crippen LogP) is 3.58. The molecule has 0 saturated heterocycles. The van der Waals surface area contributed by atoms with E-state index in [4.69, 9.17) is 15.5 Å². The van der Waals surface area contributed by atoms with Crippen molar-refractivity contribution >= 4 is 21.7 Å². The summed E-state index contributed by atoms with van der Waals surface area (Å²) in [6.45, 7) is 0. The lowest BCUT2D eigenvalue weighted by molar-refractivity contribution is 0.0770. The average molecular weight is 326 g/mol. The zero-order chi connectivity index (χ0) is 13.4. The summed E-state index contributed by atoms with van der Waals surface area (Å²) in [5.41, 5.74) is 7.13. The minimum absolute atomic E-state index is 0.00977. The molecule has 1 atom stereocenters. The molecule has 1 aromatic rings. The highest BCUT2D eigenvalue weighted by molar-refractivity contribution is 9.10. The number of hydrogen-bond acceptors (Lipinski definition) is 4. The normalized spacial score (nSPS) is 21.8. The van der Waals surface area contributed by atoms with Gasteiger partial charge in [0.1, 0.15) is 11.9 Å². The van der Waals surface area contributed by atoms with Gasteiger partial charge in [0.25, 0.3) is 0 Å². The van der Waals surface area contributed by atoms with E-state index >= 15 is 0 Å². The number of nitrogens with two attached hydrogens (primary N) is 1. The van der Waals surface area contributed by atoms with Gasteiger partial charge in [-0.25, -0.2) is 9.97 Å². The fourth-order valence-corrected chi connectivity index (χ4v) is 3.51. The maximum atomic E-state index is 6.05. The summed E-state index contributed by atoms with van der Waals surface area (Å²) < 4.78 is 6.46. The third kappa shape index (κ3) is 2.63. The molecule has 0 bridgehead atoms. The highest BCUT2D eigenvalue weighted by Gasteiger charge is 2.35. The maximum Gasteiger partial charge on any atom is 0.160 e. The molecule has 0 spiro atoms. The van der Waals surface area contributed by atoms with Gasteiger partial charge in [-0.05, 0) is 47.5 Å². The topological polar surface area (TPSA) is 61.0 Å². The highest BCUT2D eigenvalue weighted by Crippen LogP contribution is 2.44. The lowest BCUT2D eigenvalue weighted by atomic mass is 10.0. The molecule has 3 rings (SSSR count). The molecule has 1 aromatic heterocycles. The molecule has 2 fully saturated rings. The fraction of sp³-hybridized carbons (Fsp3) is 0.714. The molecular weight excluding hydrogens is 306 g/mol. The summed E-state index contributed by atoms with van der Waals surface area (Å²) in [6, 6.07) is 0. The van der Waals surface area contributed by atoms with Crippen LogP contribution in [0, 0.1) is 5.92 Å². The molecule has 2 aliphatic rings. The van der Waals surface area contributed by atoms with Gasteiger partial charge in [0.05, 0.1) is 10.2 Å². The fourth-order valence-electron chi connectivity index (χ4n) is 3.01. The zero-order valence-corrected chi connectivity index (χ0v) is 12.8. The van der Waals surface area contributed by atoms with Crippen LogP contribution in [-0.4, -0.2) is 17.1 Å². The van der Waals surface area contributed by atoms with Crippen LogP contribution in [0.2, 0.25) is 0 Å². The Bertz CT molecular complexity index is 470. The van der Waals surface area contributed by atoms with E-state index in [0.717, 1.165) is 16.0 Å². The Morgan fingerprint density at radius 1 is 1.21 bits per heavy atom. The van der Waals surface area contributed by atoms with Crippen molar-refractivity contribution in [2.75, 3.05) is 12.8 Å².